The Morgan fingerprint density at radius 3 is 2.72 bits per heavy atom. The Morgan fingerprint density at radius 2 is 1.92 bits per heavy atom. The van der Waals surface area contributed by atoms with Gasteiger partial charge in [-0.2, -0.15) is 0 Å². The van der Waals surface area contributed by atoms with Crippen LogP contribution in [0.4, 0.5) is 0 Å². The van der Waals surface area contributed by atoms with Gasteiger partial charge in [0.1, 0.15) is 5.58 Å². The first-order valence-corrected chi connectivity index (χ1v) is 9.02. The van der Waals surface area contributed by atoms with Crippen molar-refractivity contribution in [3.63, 3.8) is 0 Å². The number of benzene rings is 1. The summed E-state index contributed by atoms with van der Waals surface area (Å²) < 4.78 is 5.69. The van der Waals surface area contributed by atoms with Crippen molar-refractivity contribution in [2.75, 3.05) is 32.7 Å². The van der Waals surface area contributed by atoms with Crippen molar-refractivity contribution < 1.29 is 14.0 Å². The second kappa shape index (κ2) is 6.88. The number of hydrogen-bond acceptors (Lipinski definition) is 4. The maximum Gasteiger partial charge on any atom is 0.289 e. The van der Waals surface area contributed by atoms with Crippen molar-refractivity contribution in [1.29, 1.82) is 0 Å². The average molecular weight is 341 g/mol. The number of nitrogens with one attached hydrogen (secondary N) is 1. The van der Waals surface area contributed by atoms with Crippen molar-refractivity contribution in [3.8, 4) is 0 Å². The van der Waals surface area contributed by atoms with Gasteiger partial charge in [-0.15, -0.1) is 0 Å². The molecule has 6 nitrogen and oxygen atoms in total. The normalized spacial score (nSPS) is 22.6. The second-order valence-electron chi connectivity index (χ2n) is 6.78. The van der Waals surface area contributed by atoms with Crippen LogP contribution in [0.3, 0.4) is 0 Å². The molecular weight excluding hydrogens is 318 g/mol. The van der Waals surface area contributed by atoms with Crippen molar-refractivity contribution in [1.82, 2.24) is 15.1 Å². The molecule has 1 atom stereocenters. The number of carbonyl (C=O) groups excluding carboxylic acids is 2. The molecule has 2 saturated heterocycles. The van der Waals surface area contributed by atoms with Crippen LogP contribution in [0.25, 0.3) is 11.0 Å². The second-order valence-corrected chi connectivity index (χ2v) is 6.78. The Hall–Kier alpha value is -2.34. The molecule has 4 rings (SSSR count). The minimum atomic E-state index is -0.0684. The van der Waals surface area contributed by atoms with Gasteiger partial charge in [0.05, 0.1) is 6.04 Å². The molecule has 2 aliphatic rings. The molecule has 1 N–H and O–H groups in total. The predicted molar refractivity (Wildman–Crippen MR) is 94.3 cm³/mol. The SMILES string of the molecule is O=C1NCCCC[C@@H]1N1CCN(C(=O)c2cc3ccccc3o2)CC1. The molecule has 6 heteroatoms. The van der Waals surface area contributed by atoms with Gasteiger partial charge in [-0.05, 0) is 31.4 Å². The van der Waals surface area contributed by atoms with Gasteiger partial charge in [0.2, 0.25) is 5.91 Å². The Kier molecular flexibility index (Phi) is 4.44. The quantitative estimate of drug-likeness (QED) is 0.905. The highest BCUT2D eigenvalue weighted by atomic mass is 16.3. The molecule has 0 radical (unpaired) electrons. The van der Waals surface area contributed by atoms with E-state index in [0.717, 1.165) is 49.9 Å². The van der Waals surface area contributed by atoms with E-state index in [2.05, 4.69) is 10.2 Å². The van der Waals surface area contributed by atoms with E-state index in [1.54, 1.807) is 0 Å². The Bertz CT molecular complexity index is 744. The number of nitrogens with zero attached hydrogens (tertiary/aromatic N) is 2. The summed E-state index contributed by atoms with van der Waals surface area (Å²) >= 11 is 0. The molecule has 3 heterocycles. The number of carbonyl (C=O) groups is 2. The molecule has 0 spiro atoms. The lowest BCUT2D eigenvalue weighted by atomic mass is 10.1. The van der Waals surface area contributed by atoms with Gasteiger partial charge in [0, 0.05) is 38.1 Å². The van der Waals surface area contributed by atoms with Crippen LogP contribution >= 0.6 is 0 Å². The molecule has 0 bridgehead atoms. The fraction of sp³-hybridized carbons (Fsp3) is 0.474. The van der Waals surface area contributed by atoms with Crippen molar-refractivity contribution in [2.24, 2.45) is 0 Å². The van der Waals surface area contributed by atoms with Gasteiger partial charge < -0.3 is 14.6 Å². The van der Waals surface area contributed by atoms with E-state index in [4.69, 9.17) is 4.42 Å². The predicted octanol–water partition coefficient (Wildman–Crippen LogP) is 1.86. The van der Waals surface area contributed by atoms with Crippen LogP contribution in [0.2, 0.25) is 0 Å². The molecule has 0 unspecified atom stereocenters. The van der Waals surface area contributed by atoms with E-state index >= 15 is 0 Å². The molecule has 2 fully saturated rings. The number of piperazine rings is 1. The zero-order valence-electron chi connectivity index (χ0n) is 14.2. The molecule has 2 aromatic rings. The molecule has 0 aliphatic carbocycles. The number of amides is 2. The van der Waals surface area contributed by atoms with E-state index in [1.165, 1.54) is 0 Å². The van der Waals surface area contributed by atoms with Crippen LogP contribution in [0.15, 0.2) is 34.7 Å². The summed E-state index contributed by atoms with van der Waals surface area (Å²) in [7, 11) is 0. The first-order chi connectivity index (χ1) is 12.2. The van der Waals surface area contributed by atoms with Gasteiger partial charge in [-0.3, -0.25) is 14.5 Å². The van der Waals surface area contributed by atoms with Crippen LogP contribution in [-0.2, 0) is 4.79 Å². The number of para-hydroxylation sites is 1. The van der Waals surface area contributed by atoms with E-state index in [1.807, 2.05) is 35.2 Å². The van der Waals surface area contributed by atoms with Crippen molar-refractivity contribution >= 4 is 22.8 Å². The van der Waals surface area contributed by atoms with Crippen LogP contribution < -0.4 is 5.32 Å². The summed E-state index contributed by atoms with van der Waals surface area (Å²) in [6, 6.07) is 9.40. The lowest BCUT2D eigenvalue weighted by Gasteiger charge is -2.37. The number of furan rings is 1. The lowest BCUT2D eigenvalue weighted by molar-refractivity contribution is -0.126. The van der Waals surface area contributed by atoms with E-state index in [0.29, 0.717) is 18.8 Å². The zero-order chi connectivity index (χ0) is 17.2. The minimum Gasteiger partial charge on any atom is -0.451 e. The third-order valence-corrected chi connectivity index (χ3v) is 5.18. The van der Waals surface area contributed by atoms with Crippen molar-refractivity contribution in [3.05, 3.63) is 36.1 Å². The van der Waals surface area contributed by atoms with Crippen molar-refractivity contribution in [2.45, 2.75) is 25.3 Å². The molecule has 25 heavy (non-hydrogen) atoms. The molecule has 132 valence electrons. The van der Waals surface area contributed by atoms with Crippen LogP contribution in [0.1, 0.15) is 29.8 Å². The van der Waals surface area contributed by atoms with Gasteiger partial charge in [-0.25, -0.2) is 0 Å². The summed E-state index contributed by atoms with van der Waals surface area (Å²) in [4.78, 5) is 28.9. The molecule has 1 aromatic carbocycles. The number of hydrogen-bond donors (Lipinski definition) is 1. The Balaban J connectivity index is 1.41. The summed E-state index contributed by atoms with van der Waals surface area (Å²) in [6.07, 6.45) is 3.03. The Morgan fingerprint density at radius 1 is 1.12 bits per heavy atom. The maximum atomic E-state index is 12.7. The molecule has 2 aliphatic heterocycles. The third kappa shape index (κ3) is 3.26. The van der Waals surface area contributed by atoms with Crippen LogP contribution in [-0.4, -0.2) is 60.4 Å². The van der Waals surface area contributed by atoms with Crippen LogP contribution in [0.5, 0.6) is 0 Å². The smallest absolute Gasteiger partial charge is 0.289 e. The zero-order valence-corrected chi connectivity index (χ0v) is 14.2. The summed E-state index contributed by atoms with van der Waals surface area (Å²) in [6.45, 7) is 3.48. The summed E-state index contributed by atoms with van der Waals surface area (Å²) in [5, 5.41) is 3.93. The van der Waals surface area contributed by atoms with Gasteiger partial charge in [-0.1, -0.05) is 18.2 Å². The minimum absolute atomic E-state index is 0.0500. The number of fused-ring (bicyclic) bond motifs is 1. The highest BCUT2D eigenvalue weighted by molar-refractivity contribution is 5.96. The first kappa shape index (κ1) is 16.1. The number of rotatable bonds is 2. The van der Waals surface area contributed by atoms with Gasteiger partial charge in [0.15, 0.2) is 5.76 Å². The van der Waals surface area contributed by atoms with Crippen LogP contribution in [0, 0.1) is 0 Å². The van der Waals surface area contributed by atoms with E-state index < -0.39 is 0 Å². The summed E-state index contributed by atoms with van der Waals surface area (Å²) in [5.41, 5.74) is 0.736. The highest BCUT2D eigenvalue weighted by Crippen LogP contribution is 2.21. The van der Waals surface area contributed by atoms with Gasteiger partial charge in [0.25, 0.3) is 5.91 Å². The van der Waals surface area contributed by atoms with E-state index in [-0.39, 0.29) is 17.9 Å². The molecule has 0 saturated carbocycles. The summed E-state index contributed by atoms with van der Waals surface area (Å²) in [5.74, 6) is 0.456. The highest BCUT2D eigenvalue weighted by Gasteiger charge is 2.31. The third-order valence-electron chi connectivity index (χ3n) is 5.18. The molecule has 2 amide bonds. The lowest BCUT2D eigenvalue weighted by Crippen LogP contribution is -2.55. The largest absolute Gasteiger partial charge is 0.451 e. The fourth-order valence-corrected chi connectivity index (χ4v) is 3.75. The standard InChI is InChI=1S/C19H23N3O3/c23-18-15(6-3-4-8-20-18)21-9-11-22(12-10-21)19(24)17-13-14-5-1-2-7-16(14)25-17/h1-2,5,7,13,15H,3-4,6,8-12H2,(H,20,23)/t15-/m0/s1. The maximum absolute atomic E-state index is 12.7. The first-order valence-electron chi connectivity index (χ1n) is 9.02. The fourth-order valence-electron chi connectivity index (χ4n) is 3.75. The van der Waals surface area contributed by atoms with E-state index in [9.17, 15) is 9.59 Å². The molecule has 1 aromatic heterocycles. The van der Waals surface area contributed by atoms with Gasteiger partial charge >= 0.3 is 0 Å². The molecular formula is C19H23N3O3. The average Bonchev–Trinajstić information content (AvgIpc) is 2.97. The topological polar surface area (TPSA) is 65.8 Å². The Labute approximate surface area is 146 Å². The monoisotopic (exact) mass is 341 g/mol.